The van der Waals surface area contributed by atoms with Crippen molar-refractivity contribution in [3.8, 4) is 0 Å². The summed E-state index contributed by atoms with van der Waals surface area (Å²) in [4.78, 5) is 16.8. The number of hydrogen-bond donors (Lipinski definition) is 0. The third-order valence-corrected chi connectivity index (χ3v) is 5.41. The molecule has 6 heteroatoms. The Kier molecular flexibility index (Phi) is 4.16. The second-order valence-corrected chi connectivity index (χ2v) is 7.55. The number of carbonyl (C=O) groups excluding carboxylic acids is 1. The minimum Gasteiger partial charge on any atom is -0.369 e. The van der Waals surface area contributed by atoms with Gasteiger partial charge in [0.25, 0.3) is 0 Å². The summed E-state index contributed by atoms with van der Waals surface area (Å²) in [6.45, 7) is 5.80. The first-order chi connectivity index (χ1) is 11.6. The summed E-state index contributed by atoms with van der Waals surface area (Å²) in [6.07, 6.45) is 5.24. The highest BCUT2D eigenvalue weighted by Gasteiger charge is 2.42. The van der Waals surface area contributed by atoms with E-state index in [1.54, 1.807) is 0 Å². The first kappa shape index (κ1) is 15.8. The van der Waals surface area contributed by atoms with E-state index in [4.69, 9.17) is 4.74 Å². The summed E-state index contributed by atoms with van der Waals surface area (Å²) in [5, 5.41) is 8.50. The van der Waals surface area contributed by atoms with Gasteiger partial charge in [0.1, 0.15) is 5.60 Å². The molecule has 6 nitrogen and oxygen atoms in total. The number of ether oxygens (including phenoxy) is 1. The van der Waals surface area contributed by atoms with Gasteiger partial charge in [-0.15, -0.1) is 5.10 Å². The van der Waals surface area contributed by atoms with Gasteiger partial charge >= 0.3 is 0 Å². The van der Waals surface area contributed by atoms with Gasteiger partial charge in [-0.1, -0.05) is 0 Å². The number of piperidine rings is 1. The quantitative estimate of drug-likeness (QED) is 0.845. The highest BCUT2D eigenvalue weighted by Crippen LogP contribution is 2.35. The summed E-state index contributed by atoms with van der Waals surface area (Å²) in [5.74, 6) is 1.86. The van der Waals surface area contributed by atoms with Crippen molar-refractivity contribution in [1.29, 1.82) is 0 Å². The molecule has 24 heavy (non-hydrogen) atoms. The van der Waals surface area contributed by atoms with Crippen molar-refractivity contribution >= 4 is 11.7 Å². The Bertz CT molecular complexity index is 598. The van der Waals surface area contributed by atoms with E-state index in [9.17, 15) is 4.79 Å². The van der Waals surface area contributed by atoms with E-state index in [1.165, 1.54) is 12.8 Å². The van der Waals surface area contributed by atoms with Crippen molar-refractivity contribution in [3.63, 3.8) is 0 Å². The van der Waals surface area contributed by atoms with Crippen LogP contribution in [0.15, 0.2) is 12.1 Å². The lowest BCUT2D eigenvalue weighted by Crippen LogP contribution is -2.61. The van der Waals surface area contributed by atoms with Crippen molar-refractivity contribution in [1.82, 2.24) is 15.1 Å². The van der Waals surface area contributed by atoms with Crippen LogP contribution < -0.4 is 4.90 Å². The molecule has 1 aliphatic carbocycles. The molecule has 1 aromatic heterocycles. The Hall–Kier alpha value is -1.69. The van der Waals surface area contributed by atoms with Crippen molar-refractivity contribution in [2.45, 2.75) is 44.6 Å². The summed E-state index contributed by atoms with van der Waals surface area (Å²) in [5.41, 5.74) is 0.679. The van der Waals surface area contributed by atoms with Crippen LogP contribution in [0.5, 0.6) is 0 Å². The molecular formula is C18H26N4O2. The fourth-order valence-electron chi connectivity index (χ4n) is 3.86. The van der Waals surface area contributed by atoms with Crippen LogP contribution in [0, 0.1) is 12.8 Å². The molecule has 1 spiro atoms. The second-order valence-electron chi connectivity index (χ2n) is 7.55. The predicted octanol–water partition coefficient (Wildman–Crippen LogP) is 1.78. The van der Waals surface area contributed by atoms with Gasteiger partial charge in [0.05, 0.1) is 25.4 Å². The molecule has 1 atom stereocenters. The standard InChI is InChI=1S/C18H26N4O2/c1-14-3-6-16(20-19-14)21-8-2-7-18(12-21)13-22(9-10-24-18)17(23)11-15-4-5-15/h3,6,15H,2,4-5,7-13H2,1H3. The predicted molar refractivity (Wildman–Crippen MR) is 90.8 cm³/mol. The third kappa shape index (κ3) is 3.38. The molecule has 4 rings (SSSR count). The summed E-state index contributed by atoms with van der Waals surface area (Å²) < 4.78 is 6.20. The molecular weight excluding hydrogens is 304 g/mol. The topological polar surface area (TPSA) is 58.6 Å². The average molecular weight is 330 g/mol. The second kappa shape index (κ2) is 6.31. The molecule has 3 heterocycles. The zero-order chi connectivity index (χ0) is 16.6. The third-order valence-electron chi connectivity index (χ3n) is 5.41. The lowest BCUT2D eigenvalue weighted by Gasteiger charge is -2.48. The van der Waals surface area contributed by atoms with E-state index in [0.29, 0.717) is 25.0 Å². The number of nitrogens with zero attached hydrogens (tertiary/aromatic N) is 4. The molecule has 2 aliphatic heterocycles. The van der Waals surface area contributed by atoms with Crippen LogP contribution in [0.2, 0.25) is 0 Å². The highest BCUT2D eigenvalue weighted by atomic mass is 16.5. The van der Waals surface area contributed by atoms with Gasteiger partial charge in [-0.25, -0.2) is 0 Å². The van der Waals surface area contributed by atoms with Crippen molar-refractivity contribution in [2.75, 3.05) is 37.7 Å². The summed E-state index contributed by atoms with van der Waals surface area (Å²) in [6, 6.07) is 4.02. The molecule has 0 aromatic carbocycles. The molecule has 1 unspecified atom stereocenters. The molecule has 2 saturated heterocycles. The van der Waals surface area contributed by atoms with Crippen LogP contribution in [0.1, 0.15) is 37.8 Å². The smallest absolute Gasteiger partial charge is 0.223 e. The Morgan fingerprint density at radius 1 is 1.29 bits per heavy atom. The maximum Gasteiger partial charge on any atom is 0.223 e. The molecule has 0 bridgehead atoms. The van der Waals surface area contributed by atoms with E-state index >= 15 is 0 Å². The lowest BCUT2D eigenvalue weighted by molar-refractivity contribution is -0.152. The number of hydrogen-bond acceptors (Lipinski definition) is 5. The Balaban J connectivity index is 1.44. The lowest BCUT2D eigenvalue weighted by atomic mass is 9.90. The first-order valence-corrected chi connectivity index (χ1v) is 9.11. The molecule has 0 N–H and O–H groups in total. The van der Waals surface area contributed by atoms with Gasteiger partial charge in [0, 0.05) is 19.5 Å². The zero-order valence-corrected chi connectivity index (χ0v) is 14.4. The van der Waals surface area contributed by atoms with Crippen LogP contribution in [-0.4, -0.2) is 59.4 Å². The van der Waals surface area contributed by atoms with Crippen LogP contribution >= 0.6 is 0 Å². The largest absolute Gasteiger partial charge is 0.369 e. The summed E-state index contributed by atoms with van der Waals surface area (Å²) in [7, 11) is 0. The molecule has 1 saturated carbocycles. The minimum absolute atomic E-state index is 0.248. The van der Waals surface area contributed by atoms with Gasteiger partial charge in [0.2, 0.25) is 5.91 Å². The Labute approximate surface area is 143 Å². The van der Waals surface area contributed by atoms with E-state index in [-0.39, 0.29) is 5.60 Å². The van der Waals surface area contributed by atoms with E-state index < -0.39 is 0 Å². The van der Waals surface area contributed by atoms with Crippen molar-refractivity contribution in [2.24, 2.45) is 5.92 Å². The van der Waals surface area contributed by atoms with Crippen LogP contribution in [0.4, 0.5) is 5.82 Å². The number of anilines is 1. The van der Waals surface area contributed by atoms with Gasteiger partial charge in [-0.2, -0.15) is 5.10 Å². The van der Waals surface area contributed by atoms with Crippen LogP contribution in [-0.2, 0) is 9.53 Å². The molecule has 1 aromatic rings. The number of aryl methyl sites for hydroxylation is 1. The van der Waals surface area contributed by atoms with Crippen LogP contribution in [0.25, 0.3) is 0 Å². The van der Waals surface area contributed by atoms with E-state index in [1.807, 2.05) is 24.0 Å². The number of carbonyl (C=O) groups is 1. The van der Waals surface area contributed by atoms with Gasteiger partial charge in [-0.3, -0.25) is 4.79 Å². The van der Waals surface area contributed by atoms with Crippen LogP contribution in [0.3, 0.4) is 0 Å². The summed E-state index contributed by atoms with van der Waals surface area (Å²) >= 11 is 0. The maximum absolute atomic E-state index is 12.5. The Morgan fingerprint density at radius 2 is 2.17 bits per heavy atom. The number of morpholine rings is 1. The number of aromatic nitrogens is 2. The molecule has 130 valence electrons. The zero-order valence-electron chi connectivity index (χ0n) is 14.4. The van der Waals surface area contributed by atoms with Gasteiger partial charge in [0.15, 0.2) is 5.82 Å². The van der Waals surface area contributed by atoms with Gasteiger partial charge in [-0.05, 0) is 50.7 Å². The monoisotopic (exact) mass is 330 g/mol. The molecule has 3 fully saturated rings. The fourth-order valence-corrected chi connectivity index (χ4v) is 3.86. The maximum atomic E-state index is 12.5. The average Bonchev–Trinajstić information content (AvgIpc) is 3.39. The first-order valence-electron chi connectivity index (χ1n) is 9.11. The molecule has 3 aliphatic rings. The van der Waals surface area contributed by atoms with E-state index in [0.717, 1.165) is 50.4 Å². The number of amides is 1. The SMILES string of the molecule is Cc1ccc(N2CCCC3(CN(C(=O)CC4CC4)CCO3)C2)nn1. The minimum atomic E-state index is -0.248. The van der Waals surface area contributed by atoms with Gasteiger partial charge < -0.3 is 14.5 Å². The molecule has 1 amide bonds. The molecule has 0 radical (unpaired) electrons. The van der Waals surface area contributed by atoms with E-state index in [2.05, 4.69) is 15.1 Å². The normalized spacial score (nSPS) is 27.5. The highest BCUT2D eigenvalue weighted by molar-refractivity contribution is 5.77. The van der Waals surface area contributed by atoms with Crippen molar-refractivity contribution < 1.29 is 9.53 Å². The fraction of sp³-hybridized carbons (Fsp3) is 0.722. The number of rotatable bonds is 3. The Morgan fingerprint density at radius 3 is 2.92 bits per heavy atom. The van der Waals surface area contributed by atoms with Crippen molar-refractivity contribution in [3.05, 3.63) is 17.8 Å².